The van der Waals surface area contributed by atoms with Gasteiger partial charge in [0.15, 0.2) is 23.0 Å². The quantitative estimate of drug-likeness (QED) is 0.310. The number of halogens is 1. The Kier molecular flexibility index (Phi) is 8.62. The molecule has 0 saturated carbocycles. The second-order valence-electron chi connectivity index (χ2n) is 7.79. The Morgan fingerprint density at radius 3 is 2.67 bits per heavy atom. The van der Waals surface area contributed by atoms with Gasteiger partial charge >= 0.3 is 0 Å². The van der Waals surface area contributed by atoms with Crippen molar-refractivity contribution in [2.24, 2.45) is 0 Å². The summed E-state index contributed by atoms with van der Waals surface area (Å²) >= 11 is 2.95. The number of thioether (sulfide) groups is 1. The first kappa shape index (κ1) is 26.1. The van der Waals surface area contributed by atoms with Crippen LogP contribution in [-0.2, 0) is 9.59 Å². The van der Waals surface area contributed by atoms with Gasteiger partial charge in [0.2, 0.25) is 5.91 Å². The van der Waals surface area contributed by atoms with E-state index in [0.29, 0.717) is 60.7 Å². The van der Waals surface area contributed by atoms with Gasteiger partial charge < -0.3 is 24.3 Å². The van der Waals surface area contributed by atoms with E-state index >= 15 is 0 Å². The normalized spacial score (nSPS) is 15.9. The minimum atomic E-state index is -0.526. The van der Waals surface area contributed by atoms with Gasteiger partial charge in [-0.1, -0.05) is 6.92 Å². The molecule has 2 aromatic rings. The second-order valence-corrected chi connectivity index (χ2v) is 9.94. The molecule has 11 heteroatoms. The van der Waals surface area contributed by atoms with Crippen molar-refractivity contribution < 1.29 is 33.3 Å². The van der Waals surface area contributed by atoms with E-state index in [-0.39, 0.29) is 4.91 Å². The number of benzene rings is 2. The summed E-state index contributed by atoms with van der Waals surface area (Å²) in [6, 6.07) is 8.65. The summed E-state index contributed by atoms with van der Waals surface area (Å²) in [7, 11) is 0. The van der Waals surface area contributed by atoms with E-state index in [1.54, 1.807) is 30.3 Å². The molecule has 190 valence electrons. The molecule has 0 aromatic heterocycles. The minimum Gasteiger partial charge on any atom is -0.490 e. The van der Waals surface area contributed by atoms with Gasteiger partial charge in [-0.2, -0.15) is 0 Å². The van der Waals surface area contributed by atoms with E-state index in [1.165, 1.54) is 0 Å². The molecule has 1 fully saturated rings. The maximum Gasteiger partial charge on any atom is 0.294 e. The van der Waals surface area contributed by atoms with E-state index < -0.39 is 23.6 Å². The molecule has 4 rings (SSSR count). The Morgan fingerprint density at radius 1 is 1.14 bits per heavy atom. The highest BCUT2D eigenvalue weighted by Gasteiger charge is 2.36. The molecule has 0 aliphatic carbocycles. The highest BCUT2D eigenvalue weighted by molar-refractivity contribution is 14.1. The molecule has 0 unspecified atom stereocenters. The van der Waals surface area contributed by atoms with Crippen LogP contribution in [0.15, 0.2) is 35.2 Å². The highest BCUT2D eigenvalue weighted by Crippen LogP contribution is 2.38. The first-order valence-electron chi connectivity index (χ1n) is 11.4. The van der Waals surface area contributed by atoms with Gasteiger partial charge in [-0.15, -0.1) is 0 Å². The zero-order valence-electron chi connectivity index (χ0n) is 19.8. The van der Waals surface area contributed by atoms with E-state index in [9.17, 15) is 14.4 Å². The van der Waals surface area contributed by atoms with Crippen LogP contribution < -0.4 is 24.3 Å². The molecule has 1 saturated heterocycles. The lowest BCUT2D eigenvalue weighted by Crippen LogP contribution is -2.36. The first-order valence-corrected chi connectivity index (χ1v) is 13.3. The predicted molar refractivity (Wildman–Crippen MR) is 145 cm³/mol. The number of imide groups is 1. The Balaban J connectivity index is 1.46. The fourth-order valence-electron chi connectivity index (χ4n) is 3.53. The zero-order valence-corrected chi connectivity index (χ0v) is 22.8. The average molecular weight is 624 g/mol. The second kappa shape index (κ2) is 11.9. The molecule has 2 aliphatic rings. The van der Waals surface area contributed by atoms with Gasteiger partial charge in [-0.3, -0.25) is 19.3 Å². The fraction of sp³-hybridized carbons (Fsp3) is 0.320. The monoisotopic (exact) mass is 624 g/mol. The topological polar surface area (TPSA) is 103 Å². The predicted octanol–water partition coefficient (Wildman–Crippen LogP) is 4.92. The fourth-order valence-corrected chi connectivity index (χ4v) is 5.15. The molecule has 36 heavy (non-hydrogen) atoms. The van der Waals surface area contributed by atoms with Gasteiger partial charge in [-0.05, 0) is 83.6 Å². The molecule has 1 N–H and O–H groups in total. The molecule has 9 nitrogen and oxygen atoms in total. The summed E-state index contributed by atoms with van der Waals surface area (Å²) in [5.41, 5.74) is 1.17. The van der Waals surface area contributed by atoms with Gasteiger partial charge in [0.05, 0.1) is 21.7 Å². The third-order valence-electron chi connectivity index (χ3n) is 5.08. The third-order valence-corrected chi connectivity index (χ3v) is 6.79. The molecule has 0 spiro atoms. The molecular weight excluding hydrogens is 599 g/mol. The Bertz CT molecular complexity index is 1220. The van der Waals surface area contributed by atoms with E-state index in [0.717, 1.165) is 26.7 Å². The Morgan fingerprint density at radius 2 is 1.92 bits per heavy atom. The zero-order chi connectivity index (χ0) is 25.7. The van der Waals surface area contributed by atoms with Crippen LogP contribution in [0.1, 0.15) is 25.8 Å². The van der Waals surface area contributed by atoms with Crippen LogP contribution >= 0.6 is 34.4 Å². The first-order chi connectivity index (χ1) is 17.4. The number of carbonyl (C=O) groups excluding carboxylic acids is 3. The minimum absolute atomic E-state index is 0.229. The number of fused-ring (bicyclic) bond motifs is 1. The molecule has 0 bridgehead atoms. The van der Waals surface area contributed by atoms with Crippen molar-refractivity contribution >= 4 is 63.2 Å². The number of rotatable bonds is 9. The van der Waals surface area contributed by atoms with Crippen LogP contribution in [0.3, 0.4) is 0 Å². The van der Waals surface area contributed by atoms with Crippen molar-refractivity contribution in [3.8, 4) is 23.0 Å². The molecular formula is C25H25IN2O7S. The summed E-state index contributed by atoms with van der Waals surface area (Å²) in [4.78, 5) is 39.2. The van der Waals surface area contributed by atoms with Crippen LogP contribution in [0.5, 0.6) is 23.0 Å². The Hall–Kier alpha value is -2.93. The number of anilines is 1. The summed E-state index contributed by atoms with van der Waals surface area (Å²) in [6.45, 7) is 5.40. The largest absolute Gasteiger partial charge is 0.490 e. The smallest absolute Gasteiger partial charge is 0.294 e. The van der Waals surface area contributed by atoms with Gasteiger partial charge in [0.25, 0.3) is 11.1 Å². The number of hydrogen-bond acceptors (Lipinski definition) is 8. The lowest BCUT2D eigenvalue weighted by atomic mass is 10.2. The van der Waals surface area contributed by atoms with Crippen molar-refractivity contribution in [2.75, 3.05) is 38.3 Å². The van der Waals surface area contributed by atoms with E-state index in [4.69, 9.17) is 18.9 Å². The van der Waals surface area contributed by atoms with Crippen LogP contribution in [0, 0.1) is 3.57 Å². The molecule has 2 heterocycles. The maximum atomic E-state index is 12.9. The summed E-state index contributed by atoms with van der Waals surface area (Å²) in [5, 5.41) is 2.19. The lowest BCUT2D eigenvalue weighted by Gasteiger charge is -2.19. The summed E-state index contributed by atoms with van der Waals surface area (Å²) in [6.07, 6.45) is 2.48. The summed E-state index contributed by atoms with van der Waals surface area (Å²) in [5.74, 6) is 1.33. The van der Waals surface area contributed by atoms with Crippen molar-refractivity contribution in [2.45, 2.75) is 20.3 Å². The molecule has 0 atom stereocenters. The van der Waals surface area contributed by atoms with E-state index in [2.05, 4.69) is 27.9 Å². The average Bonchev–Trinajstić information content (AvgIpc) is 3.11. The summed E-state index contributed by atoms with van der Waals surface area (Å²) < 4.78 is 23.4. The number of nitrogens with one attached hydrogen (secondary N) is 1. The van der Waals surface area contributed by atoms with Crippen molar-refractivity contribution in [3.63, 3.8) is 0 Å². The highest BCUT2D eigenvalue weighted by atomic mass is 127. The number of carbonyl (C=O) groups is 3. The molecule has 2 aliphatic heterocycles. The number of amides is 3. The van der Waals surface area contributed by atoms with Crippen LogP contribution in [0.2, 0.25) is 0 Å². The third kappa shape index (κ3) is 6.06. The van der Waals surface area contributed by atoms with Crippen LogP contribution in [0.25, 0.3) is 6.08 Å². The van der Waals surface area contributed by atoms with Gasteiger partial charge in [0, 0.05) is 11.8 Å². The number of hydrogen-bond donors (Lipinski definition) is 1. The molecule has 3 amide bonds. The number of nitrogens with zero attached hydrogens (tertiary/aromatic N) is 1. The van der Waals surface area contributed by atoms with Gasteiger partial charge in [0.1, 0.15) is 19.8 Å². The SMILES string of the molecule is CCCOc1c(I)cc(/C=C2\SC(=O)N(CC(=O)Nc3ccc4c(c3)OCCO4)C2=O)cc1OCC. The standard InChI is InChI=1S/C25H25IN2O7S/c1-3-7-35-23-17(26)10-15(11-20(23)32-4-2)12-21-24(30)28(25(31)36-21)14-22(29)27-16-5-6-18-19(13-16)34-9-8-33-18/h5-6,10-13H,3-4,7-9,14H2,1-2H3,(H,27,29)/b21-12-. The maximum absolute atomic E-state index is 12.9. The van der Waals surface area contributed by atoms with Crippen molar-refractivity contribution in [1.29, 1.82) is 0 Å². The van der Waals surface area contributed by atoms with E-state index in [1.807, 2.05) is 19.9 Å². The van der Waals surface area contributed by atoms with Gasteiger partial charge in [-0.25, -0.2) is 0 Å². The lowest BCUT2D eigenvalue weighted by molar-refractivity contribution is -0.127. The number of ether oxygens (including phenoxy) is 4. The van der Waals surface area contributed by atoms with Crippen molar-refractivity contribution in [1.82, 2.24) is 4.90 Å². The van der Waals surface area contributed by atoms with Crippen LogP contribution in [0.4, 0.5) is 10.5 Å². The van der Waals surface area contributed by atoms with Crippen molar-refractivity contribution in [3.05, 3.63) is 44.4 Å². The molecule has 0 radical (unpaired) electrons. The Labute approximate surface area is 226 Å². The molecule has 2 aromatic carbocycles. The van der Waals surface area contributed by atoms with Crippen LogP contribution in [-0.4, -0.2) is 54.9 Å².